The van der Waals surface area contributed by atoms with Crippen LogP contribution in [0, 0.1) is 11.6 Å². The normalized spacial score (nSPS) is 11.4. The molecule has 2 aromatic rings. The fourth-order valence-electron chi connectivity index (χ4n) is 2.18. The van der Waals surface area contributed by atoms with Crippen molar-refractivity contribution >= 4 is 23.2 Å². The smallest absolute Gasteiger partial charge is 0.255 e. The molecular formula is C18H19F2N3O4. The Morgan fingerprint density at radius 2 is 1.89 bits per heavy atom. The second-order valence-electron chi connectivity index (χ2n) is 5.60. The van der Waals surface area contributed by atoms with Gasteiger partial charge < -0.3 is 25.8 Å². The molecule has 144 valence electrons. The molecule has 2 rings (SSSR count). The molecule has 2 aromatic carbocycles. The summed E-state index contributed by atoms with van der Waals surface area (Å²) in [5.74, 6) is -2.01. The van der Waals surface area contributed by atoms with Crippen molar-refractivity contribution in [2.24, 2.45) is 5.73 Å². The molecule has 2 amide bonds. The molecule has 0 fully saturated rings. The van der Waals surface area contributed by atoms with Gasteiger partial charge in [0.15, 0.2) is 18.1 Å². The Morgan fingerprint density at radius 3 is 2.56 bits per heavy atom. The number of anilines is 2. The molecule has 0 saturated carbocycles. The number of halogens is 2. The van der Waals surface area contributed by atoms with Gasteiger partial charge in [-0.1, -0.05) is 0 Å². The minimum Gasteiger partial charge on any atom is -0.493 e. The molecule has 0 aliphatic carbocycles. The van der Waals surface area contributed by atoms with Crippen LogP contribution in [0.15, 0.2) is 36.4 Å². The van der Waals surface area contributed by atoms with Crippen LogP contribution in [0.4, 0.5) is 20.2 Å². The molecule has 0 saturated heterocycles. The van der Waals surface area contributed by atoms with Gasteiger partial charge in [0.25, 0.3) is 5.91 Å². The van der Waals surface area contributed by atoms with E-state index in [4.69, 9.17) is 15.2 Å². The van der Waals surface area contributed by atoms with Crippen molar-refractivity contribution < 1.29 is 27.8 Å². The molecule has 0 unspecified atom stereocenters. The number of amides is 2. The Balaban J connectivity index is 2.08. The van der Waals surface area contributed by atoms with Gasteiger partial charge in [-0.3, -0.25) is 9.59 Å². The Bertz CT molecular complexity index is 845. The van der Waals surface area contributed by atoms with E-state index < -0.39 is 29.5 Å². The lowest BCUT2D eigenvalue weighted by Gasteiger charge is -2.17. The number of hydrogen-bond donors (Lipinski definition) is 3. The average Bonchev–Trinajstić information content (AvgIpc) is 2.63. The number of nitrogens with two attached hydrogens (primary N) is 1. The molecule has 0 bridgehead atoms. The lowest BCUT2D eigenvalue weighted by atomic mass is 10.2. The quantitative estimate of drug-likeness (QED) is 0.653. The molecule has 4 N–H and O–H groups in total. The third-order valence-corrected chi connectivity index (χ3v) is 3.50. The molecule has 7 nitrogen and oxygen atoms in total. The summed E-state index contributed by atoms with van der Waals surface area (Å²) < 4.78 is 37.2. The lowest BCUT2D eigenvalue weighted by Crippen LogP contribution is -2.32. The van der Waals surface area contributed by atoms with E-state index in [-0.39, 0.29) is 18.0 Å². The number of rotatable bonds is 8. The number of primary amides is 1. The van der Waals surface area contributed by atoms with Gasteiger partial charge in [-0.25, -0.2) is 8.78 Å². The minimum atomic E-state index is -0.787. The SMILES string of the molecule is COc1ccc(N[C@@H](C)C(=O)Nc2cc(F)ccc2F)cc1OCC(N)=O. The highest BCUT2D eigenvalue weighted by molar-refractivity contribution is 5.96. The first-order valence-electron chi connectivity index (χ1n) is 7.91. The van der Waals surface area contributed by atoms with Gasteiger partial charge in [-0.15, -0.1) is 0 Å². The maximum Gasteiger partial charge on any atom is 0.255 e. The van der Waals surface area contributed by atoms with Gasteiger partial charge in [-0.05, 0) is 31.2 Å². The number of hydrogen-bond acceptors (Lipinski definition) is 5. The Kier molecular flexibility index (Phi) is 6.53. The van der Waals surface area contributed by atoms with Gasteiger partial charge in [0, 0.05) is 17.8 Å². The highest BCUT2D eigenvalue weighted by Crippen LogP contribution is 2.30. The van der Waals surface area contributed by atoms with E-state index in [9.17, 15) is 18.4 Å². The maximum atomic E-state index is 13.6. The number of nitrogens with one attached hydrogen (secondary N) is 2. The molecule has 27 heavy (non-hydrogen) atoms. The Labute approximate surface area is 154 Å². The second kappa shape index (κ2) is 8.84. The van der Waals surface area contributed by atoms with Gasteiger partial charge >= 0.3 is 0 Å². The average molecular weight is 379 g/mol. The zero-order valence-electron chi connectivity index (χ0n) is 14.7. The zero-order valence-corrected chi connectivity index (χ0v) is 14.7. The van der Waals surface area contributed by atoms with Crippen molar-refractivity contribution in [3.63, 3.8) is 0 Å². The molecule has 0 spiro atoms. The van der Waals surface area contributed by atoms with Crippen LogP contribution in [0.3, 0.4) is 0 Å². The van der Waals surface area contributed by atoms with Crippen LogP contribution < -0.4 is 25.8 Å². The molecule has 0 radical (unpaired) electrons. The van der Waals surface area contributed by atoms with Gasteiger partial charge in [0.05, 0.1) is 12.8 Å². The summed E-state index contributed by atoms with van der Waals surface area (Å²) in [5, 5.41) is 5.21. The van der Waals surface area contributed by atoms with E-state index in [1.165, 1.54) is 13.2 Å². The predicted octanol–water partition coefficient (Wildman–Crippen LogP) is 2.28. The third-order valence-electron chi connectivity index (χ3n) is 3.50. The van der Waals surface area contributed by atoms with Gasteiger partial charge in [-0.2, -0.15) is 0 Å². The summed E-state index contributed by atoms with van der Waals surface area (Å²) in [4.78, 5) is 23.1. The Morgan fingerprint density at radius 1 is 1.15 bits per heavy atom. The van der Waals surface area contributed by atoms with Crippen LogP contribution in [-0.2, 0) is 9.59 Å². The number of carbonyl (C=O) groups is 2. The summed E-state index contributed by atoms with van der Waals surface area (Å²) in [6, 6.07) is 6.71. The van der Waals surface area contributed by atoms with Crippen LogP contribution in [0.25, 0.3) is 0 Å². The number of methoxy groups -OCH3 is 1. The van der Waals surface area contributed by atoms with E-state index in [2.05, 4.69) is 10.6 Å². The second-order valence-corrected chi connectivity index (χ2v) is 5.60. The first kappa shape index (κ1) is 20.0. The number of benzene rings is 2. The molecule has 0 aliphatic rings. The zero-order chi connectivity index (χ0) is 20.0. The molecular weight excluding hydrogens is 360 g/mol. The highest BCUT2D eigenvalue weighted by Gasteiger charge is 2.16. The van der Waals surface area contributed by atoms with E-state index in [0.717, 1.165) is 18.2 Å². The molecule has 0 aliphatic heterocycles. The minimum absolute atomic E-state index is 0.255. The predicted molar refractivity (Wildman–Crippen MR) is 95.8 cm³/mol. The van der Waals surface area contributed by atoms with E-state index in [0.29, 0.717) is 11.4 Å². The van der Waals surface area contributed by atoms with Crippen LogP contribution in [0.1, 0.15) is 6.92 Å². The lowest BCUT2D eigenvalue weighted by molar-refractivity contribution is -0.120. The van der Waals surface area contributed by atoms with Crippen LogP contribution in [-0.4, -0.2) is 31.6 Å². The van der Waals surface area contributed by atoms with E-state index in [1.54, 1.807) is 19.1 Å². The summed E-state index contributed by atoms with van der Waals surface area (Å²) in [6.45, 7) is 1.20. The van der Waals surface area contributed by atoms with Gasteiger partial charge in [0.2, 0.25) is 5.91 Å². The monoisotopic (exact) mass is 379 g/mol. The van der Waals surface area contributed by atoms with Crippen molar-refractivity contribution in [2.45, 2.75) is 13.0 Å². The van der Waals surface area contributed by atoms with Crippen LogP contribution in [0.2, 0.25) is 0 Å². The third kappa shape index (κ3) is 5.56. The van der Waals surface area contributed by atoms with Gasteiger partial charge in [0.1, 0.15) is 17.7 Å². The Hall–Kier alpha value is -3.36. The fourth-order valence-corrected chi connectivity index (χ4v) is 2.18. The first-order valence-corrected chi connectivity index (χ1v) is 7.91. The van der Waals surface area contributed by atoms with E-state index >= 15 is 0 Å². The van der Waals surface area contributed by atoms with Crippen molar-refractivity contribution in [3.05, 3.63) is 48.0 Å². The van der Waals surface area contributed by atoms with Crippen molar-refractivity contribution in [1.82, 2.24) is 0 Å². The standard InChI is InChI=1S/C18H19F2N3O4/c1-10(18(25)23-14-7-11(19)3-5-13(14)20)22-12-4-6-15(26-2)16(8-12)27-9-17(21)24/h3-8,10,22H,9H2,1-2H3,(H2,21,24)(H,23,25)/t10-/m0/s1. The summed E-state index contributed by atoms with van der Waals surface area (Å²) in [6.07, 6.45) is 0. The molecule has 1 atom stereocenters. The maximum absolute atomic E-state index is 13.6. The molecule has 9 heteroatoms. The highest BCUT2D eigenvalue weighted by atomic mass is 19.1. The van der Waals surface area contributed by atoms with Crippen LogP contribution in [0.5, 0.6) is 11.5 Å². The van der Waals surface area contributed by atoms with Crippen molar-refractivity contribution in [2.75, 3.05) is 24.4 Å². The first-order chi connectivity index (χ1) is 12.8. The largest absolute Gasteiger partial charge is 0.493 e. The summed E-state index contributed by atoms with van der Waals surface area (Å²) in [7, 11) is 1.43. The van der Waals surface area contributed by atoms with Crippen molar-refractivity contribution in [3.8, 4) is 11.5 Å². The molecule has 0 heterocycles. The topological polar surface area (TPSA) is 103 Å². The van der Waals surface area contributed by atoms with Crippen LogP contribution >= 0.6 is 0 Å². The number of carbonyl (C=O) groups excluding carboxylic acids is 2. The summed E-state index contributed by atoms with van der Waals surface area (Å²) in [5.41, 5.74) is 5.28. The molecule has 0 aromatic heterocycles. The number of ether oxygens (including phenoxy) is 2. The van der Waals surface area contributed by atoms with Crippen molar-refractivity contribution in [1.29, 1.82) is 0 Å². The van der Waals surface area contributed by atoms with E-state index in [1.807, 2.05) is 0 Å². The fraction of sp³-hybridized carbons (Fsp3) is 0.222. The summed E-state index contributed by atoms with van der Waals surface area (Å²) >= 11 is 0.